The molecule has 0 aliphatic heterocycles. The minimum Gasteiger partial charge on any atom is -1.00 e. The predicted octanol–water partition coefficient (Wildman–Crippen LogP) is -0.794. The number of aromatic carboxylic acids is 1. The van der Waals surface area contributed by atoms with Crippen LogP contribution in [0.5, 0.6) is 0 Å². The number of unbranched alkanes of at least 4 members (excludes halogenated alkanes) is 1. The largest absolute Gasteiger partial charge is 1.00 e. The van der Waals surface area contributed by atoms with Crippen LogP contribution in [0.1, 0.15) is 44.4 Å². The van der Waals surface area contributed by atoms with Crippen molar-refractivity contribution in [1.82, 2.24) is 30.2 Å². The molecule has 0 unspecified atom stereocenters. The van der Waals surface area contributed by atoms with Crippen LogP contribution in [-0.4, -0.2) is 41.3 Å². The second kappa shape index (κ2) is 12.8. The number of H-pyrrole nitrogens is 1. The maximum absolute atomic E-state index is 11.9. The molecule has 0 aliphatic rings. The van der Waals surface area contributed by atoms with Crippen LogP contribution >= 0.6 is 0 Å². The third kappa shape index (κ3) is 5.80. The van der Waals surface area contributed by atoms with E-state index < -0.39 is 5.97 Å². The van der Waals surface area contributed by atoms with Crippen molar-refractivity contribution in [2.75, 3.05) is 0 Å². The number of hydrogen-bond donors (Lipinski definition) is 2. The number of tetrazole rings is 1. The number of nitrogens with one attached hydrogen (secondary N) is 1. The zero-order valence-corrected chi connectivity index (χ0v) is 24.8. The average molecular weight is 501 g/mol. The summed E-state index contributed by atoms with van der Waals surface area (Å²) in [6.07, 6.45) is 2.85. The Morgan fingerprint density at radius 1 is 1.00 bits per heavy atom. The molecule has 36 heavy (non-hydrogen) atoms. The van der Waals surface area contributed by atoms with Gasteiger partial charge >= 0.3 is 65.1 Å². The van der Waals surface area contributed by atoms with Gasteiger partial charge in [0.2, 0.25) is 5.82 Å². The predicted molar refractivity (Wildman–Crippen MR) is 132 cm³/mol. The van der Waals surface area contributed by atoms with E-state index in [0.29, 0.717) is 17.9 Å². The van der Waals surface area contributed by atoms with Crippen LogP contribution in [0, 0.1) is 0 Å². The molecule has 8 nitrogen and oxygen atoms in total. The summed E-state index contributed by atoms with van der Waals surface area (Å²) in [5.74, 6) is 0.519. The Labute approximate surface area is 256 Å². The quantitative estimate of drug-likeness (QED) is 0.270. The Hall–Kier alpha value is -2.33. The van der Waals surface area contributed by atoms with Gasteiger partial charge in [-0.3, -0.25) is 0 Å². The van der Waals surface area contributed by atoms with Crippen LogP contribution in [0.15, 0.2) is 66.7 Å². The van der Waals surface area contributed by atoms with Crippen LogP contribution < -0.4 is 59.1 Å². The molecular weight excluding hydrogens is 474 g/mol. The number of fused-ring (bicyclic) bond motifs is 1. The maximum Gasteiger partial charge on any atom is 1.00 e. The van der Waals surface area contributed by atoms with Crippen LogP contribution in [0.25, 0.3) is 33.5 Å². The number of benzene rings is 3. The first kappa shape index (κ1) is 28.2. The van der Waals surface area contributed by atoms with Gasteiger partial charge < -0.3 is 12.5 Å². The number of carboxylic acid groups (broad SMARTS) is 1. The topological polar surface area (TPSA) is 110 Å². The van der Waals surface area contributed by atoms with E-state index in [1.807, 2.05) is 30.3 Å². The van der Waals surface area contributed by atoms with E-state index in [9.17, 15) is 9.90 Å². The smallest absolute Gasteiger partial charge is 1.00 e. The summed E-state index contributed by atoms with van der Waals surface area (Å²) < 4.78 is 2.05. The number of hydrogen-bond acceptors (Lipinski definition) is 5. The standard InChI is InChI=1S/C26H24N6O2.2Na.2H/c1-2-3-11-23-27-22-10-6-9-21(26(33)34)24(22)32(23)16-17-12-14-18(15-13-17)19-7-4-5-8-20(19)25-28-30-31-29-25;;;;/h4-10,12-15H,2-3,11,16H2,1H3,(H,33,34)(H,28,29,30,31);;;;/q;2*+1;2*-1. The minimum absolute atomic E-state index is 0. The molecule has 2 aromatic heterocycles. The van der Waals surface area contributed by atoms with E-state index in [1.54, 1.807) is 12.1 Å². The van der Waals surface area contributed by atoms with Crippen molar-refractivity contribution in [3.8, 4) is 22.5 Å². The Morgan fingerprint density at radius 2 is 1.75 bits per heavy atom. The van der Waals surface area contributed by atoms with E-state index in [4.69, 9.17) is 4.98 Å². The molecule has 174 valence electrons. The molecule has 0 bridgehead atoms. The van der Waals surface area contributed by atoms with Gasteiger partial charge in [0.25, 0.3) is 0 Å². The summed E-state index contributed by atoms with van der Waals surface area (Å²) in [5, 5.41) is 24.2. The second-order valence-electron chi connectivity index (χ2n) is 8.17. The van der Waals surface area contributed by atoms with Crippen LogP contribution in [0.4, 0.5) is 0 Å². The normalized spacial score (nSPS) is 10.6. The Balaban J connectivity index is 0.00000180. The molecule has 0 saturated heterocycles. The van der Waals surface area contributed by atoms with Crippen LogP contribution in [0.2, 0.25) is 0 Å². The van der Waals surface area contributed by atoms with E-state index >= 15 is 0 Å². The SMILES string of the molecule is CCCCc1nc2cccc(C(=O)O)c2n1Cc1ccc(-c2ccccc2-c2nn[nH]n2)cc1.[H-].[H-].[Na+].[Na+]. The maximum atomic E-state index is 11.9. The molecule has 2 heterocycles. The van der Waals surface area contributed by atoms with Crippen molar-refractivity contribution in [3.05, 3.63) is 83.7 Å². The molecule has 5 aromatic rings. The fourth-order valence-corrected chi connectivity index (χ4v) is 4.28. The van der Waals surface area contributed by atoms with Gasteiger partial charge in [-0.15, -0.1) is 10.2 Å². The molecule has 0 radical (unpaired) electrons. The monoisotopic (exact) mass is 500 g/mol. The molecule has 2 N–H and O–H groups in total. The number of nitrogens with zero attached hydrogens (tertiary/aromatic N) is 5. The Bertz CT molecular complexity index is 1460. The van der Waals surface area contributed by atoms with Gasteiger partial charge in [0, 0.05) is 18.5 Å². The first-order chi connectivity index (χ1) is 16.7. The molecule has 10 heteroatoms. The molecule has 0 saturated carbocycles. The first-order valence-electron chi connectivity index (χ1n) is 11.3. The second-order valence-corrected chi connectivity index (χ2v) is 8.17. The number of carboxylic acids is 1. The third-order valence-corrected chi connectivity index (χ3v) is 5.95. The van der Waals surface area contributed by atoms with Gasteiger partial charge in [0.05, 0.1) is 16.6 Å². The molecule has 0 aliphatic carbocycles. The van der Waals surface area contributed by atoms with E-state index in [0.717, 1.165) is 52.9 Å². The number of aromatic nitrogens is 6. The van der Waals surface area contributed by atoms with E-state index in [1.165, 1.54) is 0 Å². The van der Waals surface area contributed by atoms with Gasteiger partial charge in [0.15, 0.2) is 0 Å². The molecule has 0 fully saturated rings. The average Bonchev–Trinajstić information content (AvgIpc) is 3.52. The van der Waals surface area contributed by atoms with Crippen molar-refractivity contribution in [2.24, 2.45) is 0 Å². The summed E-state index contributed by atoms with van der Waals surface area (Å²) in [7, 11) is 0. The van der Waals surface area contributed by atoms with Crippen LogP contribution in [0.3, 0.4) is 0 Å². The summed E-state index contributed by atoms with van der Waals surface area (Å²) >= 11 is 0. The minimum atomic E-state index is -0.942. The summed E-state index contributed by atoms with van der Waals surface area (Å²) in [4.78, 5) is 16.7. The Morgan fingerprint density at radius 3 is 2.42 bits per heavy atom. The van der Waals surface area contributed by atoms with E-state index in [-0.39, 0.29) is 67.5 Å². The molecule has 3 aromatic carbocycles. The first-order valence-corrected chi connectivity index (χ1v) is 11.3. The van der Waals surface area contributed by atoms with Crippen molar-refractivity contribution >= 4 is 17.0 Å². The molecule has 0 amide bonds. The zero-order chi connectivity index (χ0) is 23.5. The van der Waals surface area contributed by atoms with Crippen LogP contribution in [-0.2, 0) is 13.0 Å². The van der Waals surface area contributed by atoms with Crippen molar-refractivity contribution < 1.29 is 71.9 Å². The van der Waals surface area contributed by atoms with E-state index in [2.05, 4.69) is 56.4 Å². The Kier molecular flexibility index (Phi) is 10.0. The van der Waals surface area contributed by atoms with Crippen molar-refractivity contribution in [3.63, 3.8) is 0 Å². The number of para-hydroxylation sites is 1. The van der Waals surface area contributed by atoms with Gasteiger partial charge in [-0.2, -0.15) is 5.21 Å². The zero-order valence-electron chi connectivity index (χ0n) is 22.8. The summed E-state index contributed by atoms with van der Waals surface area (Å²) in [6, 6.07) is 21.5. The van der Waals surface area contributed by atoms with Crippen molar-refractivity contribution in [2.45, 2.75) is 32.7 Å². The molecule has 0 spiro atoms. The fraction of sp³-hybridized carbons (Fsp3) is 0.192. The van der Waals surface area contributed by atoms with Gasteiger partial charge in [-0.25, -0.2) is 9.78 Å². The fourth-order valence-electron chi connectivity index (χ4n) is 4.28. The molecular formula is C26H26N6Na2O2. The van der Waals surface area contributed by atoms with Crippen molar-refractivity contribution in [1.29, 1.82) is 0 Å². The summed E-state index contributed by atoms with van der Waals surface area (Å²) in [5.41, 5.74) is 5.69. The van der Waals surface area contributed by atoms with Gasteiger partial charge in [0.1, 0.15) is 5.82 Å². The third-order valence-electron chi connectivity index (χ3n) is 5.95. The van der Waals surface area contributed by atoms with Gasteiger partial charge in [-0.05, 0) is 40.5 Å². The molecule has 5 rings (SSSR count). The molecule has 0 atom stereocenters. The number of imidazole rings is 1. The number of aromatic amines is 1. The van der Waals surface area contributed by atoms with Gasteiger partial charge in [-0.1, -0.05) is 67.9 Å². The summed E-state index contributed by atoms with van der Waals surface area (Å²) in [6.45, 7) is 2.69. The number of aryl methyl sites for hydroxylation is 1. The number of carbonyl (C=O) groups is 1. The number of rotatable bonds is 8.